The van der Waals surface area contributed by atoms with Gasteiger partial charge in [0.25, 0.3) is 5.91 Å². The monoisotopic (exact) mass is 486 g/mol. The second-order valence-electron chi connectivity index (χ2n) is 9.55. The van der Waals surface area contributed by atoms with Crippen LogP contribution in [-0.4, -0.2) is 48.9 Å². The Kier molecular flexibility index (Phi) is 6.91. The summed E-state index contributed by atoms with van der Waals surface area (Å²) in [6.45, 7) is 3.22. The van der Waals surface area contributed by atoms with Crippen LogP contribution in [0.15, 0.2) is 72.8 Å². The average molecular weight is 487 g/mol. The Balaban J connectivity index is 1.38. The summed E-state index contributed by atoms with van der Waals surface area (Å²) in [5.74, 6) is -0.133. The first-order chi connectivity index (χ1) is 17.0. The summed E-state index contributed by atoms with van der Waals surface area (Å²) in [6, 6.07) is 24.7. The normalized spacial score (nSPS) is 17.9. The van der Waals surface area contributed by atoms with Crippen LogP contribution in [0.4, 0.5) is 11.4 Å². The standard InChI is InChI=1S/C29H31ClN4O/c1-33(2)24-14-16-34(17-15-24)19-20-8-11-23(12-9-20)31-28(21-6-4-3-5-7-21)27-25-13-10-22(30)18-26(25)32-29(27)35/h3-13,18,24,31H,14-17,19H2,1-2H3,(H,32,35)/b28-27-. The number of hydrogen-bond acceptors (Lipinski definition) is 4. The van der Waals surface area contributed by atoms with E-state index < -0.39 is 0 Å². The zero-order valence-electron chi connectivity index (χ0n) is 20.2. The minimum absolute atomic E-state index is 0.133. The third-order valence-corrected chi connectivity index (χ3v) is 7.19. The van der Waals surface area contributed by atoms with Crippen LogP contribution >= 0.6 is 11.6 Å². The van der Waals surface area contributed by atoms with Crippen LogP contribution in [0.2, 0.25) is 5.02 Å². The summed E-state index contributed by atoms with van der Waals surface area (Å²) < 4.78 is 0. The number of anilines is 2. The number of halogens is 1. The summed E-state index contributed by atoms with van der Waals surface area (Å²) in [5.41, 5.74) is 6.18. The zero-order valence-corrected chi connectivity index (χ0v) is 21.0. The van der Waals surface area contributed by atoms with Crippen molar-refractivity contribution in [3.8, 4) is 0 Å². The first-order valence-corrected chi connectivity index (χ1v) is 12.5. The van der Waals surface area contributed by atoms with Crippen LogP contribution < -0.4 is 10.6 Å². The van der Waals surface area contributed by atoms with E-state index in [0.717, 1.165) is 47.8 Å². The summed E-state index contributed by atoms with van der Waals surface area (Å²) >= 11 is 6.16. The van der Waals surface area contributed by atoms with Gasteiger partial charge in [0, 0.05) is 28.9 Å². The Hall–Kier alpha value is -3.12. The van der Waals surface area contributed by atoms with Crippen molar-refractivity contribution in [1.82, 2.24) is 9.80 Å². The fourth-order valence-corrected chi connectivity index (χ4v) is 5.14. The molecule has 35 heavy (non-hydrogen) atoms. The van der Waals surface area contributed by atoms with Gasteiger partial charge in [-0.05, 0) is 75.4 Å². The molecule has 2 N–H and O–H groups in total. The Morgan fingerprint density at radius 3 is 2.43 bits per heavy atom. The molecule has 2 heterocycles. The van der Waals surface area contributed by atoms with E-state index >= 15 is 0 Å². The Morgan fingerprint density at radius 1 is 1.03 bits per heavy atom. The van der Waals surface area contributed by atoms with Gasteiger partial charge in [-0.3, -0.25) is 9.69 Å². The quantitative estimate of drug-likeness (QED) is 0.432. The smallest absolute Gasteiger partial charge is 0.258 e. The van der Waals surface area contributed by atoms with Crippen molar-refractivity contribution in [3.05, 3.63) is 94.5 Å². The maximum Gasteiger partial charge on any atom is 0.258 e. The van der Waals surface area contributed by atoms with Gasteiger partial charge < -0.3 is 15.5 Å². The molecule has 2 aliphatic heterocycles. The molecular weight excluding hydrogens is 456 g/mol. The molecule has 3 aromatic rings. The Bertz CT molecular complexity index is 1230. The fourth-order valence-electron chi connectivity index (χ4n) is 4.97. The highest BCUT2D eigenvalue weighted by Gasteiger charge is 2.28. The molecule has 0 aromatic heterocycles. The van der Waals surface area contributed by atoms with Gasteiger partial charge in [-0.15, -0.1) is 0 Å². The van der Waals surface area contributed by atoms with Crippen molar-refractivity contribution >= 4 is 40.2 Å². The lowest BCUT2D eigenvalue weighted by molar-refractivity contribution is -0.110. The number of likely N-dealkylation sites (tertiary alicyclic amines) is 1. The highest BCUT2D eigenvalue weighted by atomic mass is 35.5. The van der Waals surface area contributed by atoms with Gasteiger partial charge in [0.05, 0.1) is 17.0 Å². The third-order valence-electron chi connectivity index (χ3n) is 6.96. The number of hydrogen-bond donors (Lipinski definition) is 2. The first kappa shape index (κ1) is 23.6. The molecule has 3 aromatic carbocycles. The van der Waals surface area contributed by atoms with E-state index in [4.69, 9.17) is 11.6 Å². The number of nitrogens with one attached hydrogen (secondary N) is 2. The van der Waals surface area contributed by atoms with Crippen molar-refractivity contribution in [2.75, 3.05) is 37.8 Å². The van der Waals surface area contributed by atoms with Gasteiger partial charge in [0.15, 0.2) is 0 Å². The molecule has 0 unspecified atom stereocenters. The number of benzene rings is 3. The minimum atomic E-state index is -0.133. The van der Waals surface area contributed by atoms with Crippen LogP contribution in [0.1, 0.15) is 29.5 Å². The largest absolute Gasteiger partial charge is 0.354 e. The number of fused-ring (bicyclic) bond motifs is 1. The van der Waals surface area contributed by atoms with Gasteiger partial charge in [-0.2, -0.15) is 0 Å². The molecule has 5 rings (SSSR count). The average Bonchev–Trinajstić information content (AvgIpc) is 3.19. The highest BCUT2D eigenvalue weighted by molar-refractivity contribution is 6.38. The molecule has 0 spiro atoms. The summed E-state index contributed by atoms with van der Waals surface area (Å²) in [4.78, 5) is 17.9. The molecule has 1 saturated heterocycles. The molecule has 0 atom stereocenters. The van der Waals surface area contributed by atoms with Crippen LogP contribution in [-0.2, 0) is 11.3 Å². The minimum Gasteiger partial charge on any atom is -0.354 e. The molecule has 180 valence electrons. The SMILES string of the molecule is CN(C)C1CCN(Cc2ccc(N/C(=C3\C(=O)Nc4cc(Cl)ccc43)c3ccccc3)cc2)CC1. The number of amides is 1. The van der Waals surface area contributed by atoms with Crippen molar-refractivity contribution < 1.29 is 4.79 Å². The van der Waals surface area contributed by atoms with E-state index in [-0.39, 0.29) is 5.91 Å². The van der Waals surface area contributed by atoms with Gasteiger partial charge >= 0.3 is 0 Å². The summed E-state index contributed by atoms with van der Waals surface area (Å²) in [6.07, 6.45) is 2.44. The number of piperidine rings is 1. The molecule has 1 fully saturated rings. The predicted octanol–water partition coefficient (Wildman–Crippen LogP) is 5.80. The van der Waals surface area contributed by atoms with Gasteiger partial charge in [0.2, 0.25) is 0 Å². The second-order valence-corrected chi connectivity index (χ2v) is 9.99. The first-order valence-electron chi connectivity index (χ1n) is 12.1. The van der Waals surface area contributed by atoms with Crippen LogP contribution in [0, 0.1) is 0 Å². The van der Waals surface area contributed by atoms with Crippen molar-refractivity contribution in [3.63, 3.8) is 0 Å². The lowest BCUT2D eigenvalue weighted by atomic mass is 10.00. The van der Waals surface area contributed by atoms with E-state index in [9.17, 15) is 4.79 Å². The molecule has 0 saturated carbocycles. The highest BCUT2D eigenvalue weighted by Crippen LogP contribution is 2.38. The van der Waals surface area contributed by atoms with Crippen molar-refractivity contribution in [2.45, 2.75) is 25.4 Å². The van der Waals surface area contributed by atoms with E-state index in [2.05, 4.69) is 58.8 Å². The van der Waals surface area contributed by atoms with Gasteiger partial charge in [-0.25, -0.2) is 0 Å². The Morgan fingerprint density at radius 2 is 1.74 bits per heavy atom. The Labute approximate surface area is 212 Å². The molecule has 1 amide bonds. The van der Waals surface area contributed by atoms with Crippen LogP contribution in [0.25, 0.3) is 11.3 Å². The molecule has 2 aliphatic rings. The molecule has 0 bridgehead atoms. The number of carbonyl (C=O) groups is 1. The summed E-state index contributed by atoms with van der Waals surface area (Å²) in [5, 5.41) is 7.10. The van der Waals surface area contributed by atoms with Gasteiger partial charge in [-0.1, -0.05) is 60.1 Å². The van der Waals surface area contributed by atoms with Crippen LogP contribution in [0.5, 0.6) is 0 Å². The zero-order chi connectivity index (χ0) is 24.4. The third kappa shape index (κ3) is 5.27. The maximum atomic E-state index is 13.0. The number of carbonyl (C=O) groups excluding carboxylic acids is 1. The summed E-state index contributed by atoms with van der Waals surface area (Å²) in [7, 11) is 4.35. The van der Waals surface area contributed by atoms with E-state index in [1.165, 1.54) is 18.4 Å². The molecular formula is C29H31ClN4O. The molecule has 0 radical (unpaired) electrons. The molecule has 5 nitrogen and oxygen atoms in total. The number of nitrogens with zero attached hydrogens (tertiary/aromatic N) is 2. The maximum absolute atomic E-state index is 13.0. The van der Waals surface area contributed by atoms with E-state index in [0.29, 0.717) is 16.6 Å². The second kappa shape index (κ2) is 10.2. The topological polar surface area (TPSA) is 47.6 Å². The predicted molar refractivity (Wildman–Crippen MR) is 145 cm³/mol. The van der Waals surface area contributed by atoms with Crippen molar-refractivity contribution in [1.29, 1.82) is 0 Å². The molecule has 6 heteroatoms. The van der Waals surface area contributed by atoms with E-state index in [1.54, 1.807) is 6.07 Å². The lowest BCUT2D eigenvalue weighted by Crippen LogP contribution is -2.41. The van der Waals surface area contributed by atoms with Crippen LogP contribution in [0.3, 0.4) is 0 Å². The van der Waals surface area contributed by atoms with Crippen molar-refractivity contribution in [2.24, 2.45) is 0 Å². The lowest BCUT2D eigenvalue weighted by Gasteiger charge is -2.35. The fraction of sp³-hybridized carbons (Fsp3) is 0.276. The molecule has 0 aliphatic carbocycles. The van der Waals surface area contributed by atoms with E-state index in [1.807, 2.05) is 42.5 Å². The van der Waals surface area contributed by atoms with Gasteiger partial charge in [0.1, 0.15) is 0 Å². The number of rotatable bonds is 6.